The highest BCUT2D eigenvalue weighted by molar-refractivity contribution is 5.58. The average molecular weight is 367 g/mol. The molecule has 1 fully saturated rings. The Balaban J connectivity index is 1.50. The fourth-order valence-corrected chi connectivity index (χ4v) is 3.51. The van der Waals surface area contributed by atoms with Gasteiger partial charge in [0.1, 0.15) is 5.75 Å². The zero-order valence-corrected chi connectivity index (χ0v) is 16.8. The number of para-hydroxylation sites is 2. The first-order valence-electron chi connectivity index (χ1n) is 9.91. The molecule has 0 radical (unpaired) electrons. The number of hydrogen-bond donors (Lipinski definition) is 1. The summed E-state index contributed by atoms with van der Waals surface area (Å²) in [6, 6.07) is 17.1. The fraction of sp³-hybridized carbons (Fsp3) is 0.391. The molecule has 2 aromatic rings. The first-order valence-corrected chi connectivity index (χ1v) is 9.91. The molecule has 1 saturated heterocycles. The Morgan fingerprint density at radius 2 is 1.74 bits per heavy atom. The van der Waals surface area contributed by atoms with Gasteiger partial charge in [-0.25, -0.2) is 0 Å². The Morgan fingerprint density at radius 1 is 1.04 bits per heavy atom. The van der Waals surface area contributed by atoms with Gasteiger partial charge < -0.3 is 19.4 Å². The summed E-state index contributed by atoms with van der Waals surface area (Å²) in [5.74, 6) is 1.00. The van der Waals surface area contributed by atoms with E-state index in [2.05, 4.69) is 78.5 Å². The minimum atomic E-state index is 0.711. The van der Waals surface area contributed by atoms with E-state index in [9.17, 15) is 0 Å². The lowest BCUT2D eigenvalue weighted by atomic mass is 10.2. The lowest BCUT2D eigenvalue weighted by molar-refractivity contribution is -0.894. The summed E-state index contributed by atoms with van der Waals surface area (Å²) in [4.78, 5) is 6.22. The molecule has 1 aliphatic rings. The van der Waals surface area contributed by atoms with Crippen molar-refractivity contribution in [2.45, 2.75) is 6.92 Å². The van der Waals surface area contributed by atoms with E-state index in [-0.39, 0.29) is 0 Å². The lowest BCUT2D eigenvalue weighted by Gasteiger charge is -2.34. The van der Waals surface area contributed by atoms with E-state index in [1.54, 1.807) is 4.90 Å². The van der Waals surface area contributed by atoms with Gasteiger partial charge in [0.05, 0.1) is 45.0 Å². The number of piperazine rings is 1. The van der Waals surface area contributed by atoms with Crippen LogP contribution in [0.25, 0.3) is 6.08 Å². The molecule has 0 amide bonds. The Morgan fingerprint density at radius 3 is 2.41 bits per heavy atom. The number of quaternary nitrogens is 1. The van der Waals surface area contributed by atoms with Gasteiger partial charge in [0.2, 0.25) is 0 Å². The van der Waals surface area contributed by atoms with E-state index in [1.165, 1.54) is 16.9 Å². The SMILES string of the molecule is CCOc1ccccc1N1CC[NH+](C/C=C/c2ccc(N(C)C)cc2)CC1. The van der Waals surface area contributed by atoms with Crippen molar-refractivity contribution in [3.05, 3.63) is 60.2 Å². The Hall–Kier alpha value is -2.46. The Labute approximate surface area is 163 Å². The van der Waals surface area contributed by atoms with Crippen molar-refractivity contribution < 1.29 is 9.64 Å². The van der Waals surface area contributed by atoms with E-state index in [0.717, 1.165) is 38.5 Å². The maximum absolute atomic E-state index is 5.79. The average Bonchev–Trinajstić information content (AvgIpc) is 2.70. The van der Waals surface area contributed by atoms with Crippen LogP contribution in [0.3, 0.4) is 0 Å². The van der Waals surface area contributed by atoms with Crippen molar-refractivity contribution in [1.82, 2.24) is 0 Å². The van der Waals surface area contributed by atoms with Crippen LogP contribution >= 0.6 is 0 Å². The van der Waals surface area contributed by atoms with Crippen LogP contribution in [0.15, 0.2) is 54.6 Å². The van der Waals surface area contributed by atoms with E-state index in [4.69, 9.17) is 4.74 Å². The fourth-order valence-electron chi connectivity index (χ4n) is 3.51. The van der Waals surface area contributed by atoms with Gasteiger partial charge in [0.25, 0.3) is 0 Å². The number of benzene rings is 2. The molecular weight excluding hydrogens is 334 g/mol. The summed E-state index contributed by atoms with van der Waals surface area (Å²) < 4.78 is 5.79. The molecule has 3 rings (SSSR count). The number of ether oxygens (including phenoxy) is 1. The summed E-state index contributed by atoms with van der Waals surface area (Å²) in [5.41, 5.74) is 3.74. The molecule has 1 N–H and O–H groups in total. The number of hydrogen-bond acceptors (Lipinski definition) is 3. The summed E-state index contributed by atoms with van der Waals surface area (Å²) in [7, 11) is 4.14. The quantitative estimate of drug-likeness (QED) is 0.813. The molecular formula is C23H32N3O+. The van der Waals surface area contributed by atoms with Crippen LogP contribution in [-0.4, -0.2) is 53.4 Å². The molecule has 0 atom stereocenters. The minimum absolute atomic E-state index is 0.711. The van der Waals surface area contributed by atoms with Gasteiger partial charge in [-0.15, -0.1) is 0 Å². The molecule has 0 bridgehead atoms. The summed E-state index contributed by atoms with van der Waals surface area (Å²) in [6.45, 7) is 8.29. The van der Waals surface area contributed by atoms with E-state index >= 15 is 0 Å². The molecule has 0 unspecified atom stereocenters. The smallest absolute Gasteiger partial charge is 0.142 e. The van der Waals surface area contributed by atoms with Crippen LogP contribution in [-0.2, 0) is 0 Å². The topological polar surface area (TPSA) is 20.1 Å². The molecule has 1 heterocycles. The van der Waals surface area contributed by atoms with Gasteiger partial charge in [0.15, 0.2) is 0 Å². The van der Waals surface area contributed by atoms with Crippen molar-refractivity contribution in [3.63, 3.8) is 0 Å². The van der Waals surface area contributed by atoms with Gasteiger partial charge >= 0.3 is 0 Å². The van der Waals surface area contributed by atoms with Crippen molar-refractivity contribution in [1.29, 1.82) is 0 Å². The molecule has 1 aliphatic heterocycles. The zero-order valence-electron chi connectivity index (χ0n) is 16.8. The second kappa shape index (κ2) is 9.47. The lowest BCUT2D eigenvalue weighted by Crippen LogP contribution is -3.14. The monoisotopic (exact) mass is 366 g/mol. The van der Waals surface area contributed by atoms with Gasteiger partial charge in [-0.1, -0.05) is 30.3 Å². The maximum atomic E-state index is 5.79. The van der Waals surface area contributed by atoms with Gasteiger partial charge in [-0.2, -0.15) is 0 Å². The highest BCUT2D eigenvalue weighted by Crippen LogP contribution is 2.27. The molecule has 144 valence electrons. The maximum Gasteiger partial charge on any atom is 0.142 e. The molecule has 4 heteroatoms. The third kappa shape index (κ3) is 5.27. The normalized spacial score (nSPS) is 15.3. The Bertz CT molecular complexity index is 732. The third-order valence-corrected chi connectivity index (χ3v) is 5.10. The molecule has 0 saturated carbocycles. The number of nitrogens with one attached hydrogen (secondary N) is 1. The third-order valence-electron chi connectivity index (χ3n) is 5.10. The standard InChI is InChI=1S/C23H31N3O/c1-4-27-23-10-6-5-9-22(23)26-18-16-25(17-19-26)15-7-8-20-11-13-21(14-12-20)24(2)3/h5-14H,4,15-19H2,1-3H3/p+1/b8-7+. The van der Waals surface area contributed by atoms with Crippen LogP contribution in [0.5, 0.6) is 5.75 Å². The molecule has 4 nitrogen and oxygen atoms in total. The minimum Gasteiger partial charge on any atom is -0.492 e. The van der Waals surface area contributed by atoms with Crippen LogP contribution in [0.4, 0.5) is 11.4 Å². The molecule has 0 aromatic heterocycles. The Kier molecular flexibility index (Phi) is 6.77. The first kappa shape index (κ1) is 19.3. The van der Waals surface area contributed by atoms with Crippen molar-refractivity contribution >= 4 is 17.5 Å². The molecule has 0 aliphatic carbocycles. The van der Waals surface area contributed by atoms with Gasteiger partial charge in [-0.3, -0.25) is 0 Å². The van der Waals surface area contributed by atoms with Crippen LogP contribution in [0.2, 0.25) is 0 Å². The first-order chi connectivity index (χ1) is 13.2. The second-order valence-corrected chi connectivity index (χ2v) is 7.23. The predicted molar refractivity (Wildman–Crippen MR) is 115 cm³/mol. The summed E-state index contributed by atoms with van der Waals surface area (Å²) >= 11 is 0. The summed E-state index contributed by atoms with van der Waals surface area (Å²) in [6.07, 6.45) is 4.55. The van der Waals surface area contributed by atoms with Gasteiger partial charge in [0, 0.05) is 19.8 Å². The van der Waals surface area contributed by atoms with E-state index < -0.39 is 0 Å². The van der Waals surface area contributed by atoms with E-state index in [1.807, 2.05) is 13.0 Å². The van der Waals surface area contributed by atoms with Gasteiger partial charge in [-0.05, 0) is 42.8 Å². The number of anilines is 2. The number of rotatable bonds is 7. The largest absolute Gasteiger partial charge is 0.492 e. The zero-order chi connectivity index (χ0) is 19.1. The highest BCUT2D eigenvalue weighted by Gasteiger charge is 2.21. The van der Waals surface area contributed by atoms with Crippen LogP contribution in [0.1, 0.15) is 12.5 Å². The predicted octanol–water partition coefficient (Wildman–Crippen LogP) is 2.57. The van der Waals surface area contributed by atoms with E-state index in [0.29, 0.717) is 6.61 Å². The second-order valence-electron chi connectivity index (χ2n) is 7.23. The highest BCUT2D eigenvalue weighted by atomic mass is 16.5. The van der Waals surface area contributed by atoms with Crippen molar-refractivity contribution in [2.24, 2.45) is 0 Å². The summed E-state index contributed by atoms with van der Waals surface area (Å²) in [5, 5.41) is 0. The van der Waals surface area contributed by atoms with Crippen LogP contribution < -0.4 is 19.4 Å². The number of nitrogens with zero attached hydrogens (tertiary/aromatic N) is 2. The van der Waals surface area contributed by atoms with Crippen molar-refractivity contribution in [3.8, 4) is 5.75 Å². The molecule has 0 spiro atoms. The van der Waals surface area contributed by atoms with Crippen LogP contribution in [0, 0.1) is 0 Å². The van der Waals surface area contributed by atoms with Crippen molar-refractivity contribution in [2.75, 3.05) is 63.2 Å². The molecule has 2 aromatic carbocycles. The molecule has 27 heavy (non-hydrogen) atoms.